The summed E-state index contributed by atoms with van der Waals surface area (Å²) < 4.78 is 12.0. The summed E-state index contributed by atoms with van der Waals surface area (Å²) in [6.07, 6.45) is 6.92. The molecule has 8 nitrogen and oxygen atoms in total. The van der Waals surface area contributed by atoms with Crippen LogP contribution in [0.25, 0.3) is 11.1 Å². The maximum atomic E-state index is 13.2. The van der Waals surface area contributed by atoms with E-state index in [4.69, 9.17) is 13.8 Å². The maximum Gasteiger partial charge on any atom is 0.299 e. The predicted molar refractivity (Wildman–Crippen MR) is 132 cm³/mol. The lowest BCUT2D eigenvalue weighted by molar-refractivity contribution is 0.0745. The Morgan fingerprint density at radius 2 is 1.85 bits per heavy atom. The van der Waals surface area contributed by atoms with Crippen LogP contribution in [0.15, 0.2) is 32.0 Å². The van der Waals surface area contributed by atoms with Crippen molar-refractivity contribution in [3.05, 3.63) is 35.4 Å². The Balaban J connectivity index is 1.24. The number of fused-ring (bicyclic) bond motifs is 1. The van der Waals surface area contributed by atoms with Gasteiger partial charge in [-0.05, 0) is 51.3 Å². The molecule has 180 valence electrons. The average Bonchev–Trinajstić information content (AvgIpc) is 3.47. The summed E-state index contributed by atoms with van der Waals surface area (Å²) in [6.45, 7) is 8.49. The third-order valence-electron chi connectivity index (χ3n) is 7.01. The number of aryl methyl sites for hydroxylation is 1. The Morgan fingerprint density at radius 3 is 2.59 bits per heavy atom. The second-order valence-electron chi connectivity index (χ2n) is 9.43. The van der Waals surface area contributed by atoms with Crippen LogP contribution in [-0.2, 0) is 0 Å². The summed E-state index contributed by atoms with van der Waals surface area (Å²) in [5, 5.41) is 0. The number of carbonyl (C=O) groups is 1. The standard InChI is InChI=1S/C26H33N5O3/c1-4-17(2)27-23-18(3)33-26(29-23)31-14-12-30(13-15-31)25(32)20-10-11-21-22(16-20)34-24(28-21)19-8-6-5-7-9-19/h10-11,16,19H,4-9,12-15H2,1-3H3/b27-17-. The molecule has 2 aromatic heterocycles. The minimum Gasteiger partial charge on any atom is -0.440 e. The van der Waals surface area contributed by atoms with Gasteiger partial charge in [0, 0.05) is 43.4 Å². The Bertz CT molecular complexity index is 1200. The molecule has 0 bridgehead atoms. The third kappa shape index (κ3) is 4.58. The third-order valence-corrected chi connectivity index (χ3v) is 7.01. The summed E-state index contributed by atoms with van der Waals surface area (Å²) in [5.74, 6) is 2.61. The molecule has 1 aromatic carbocycles. The van der Waals surface area contributed by atoms with E-state index in [1.54, 1.807) is 0 Å². The number of hydrogen-bond donors (Lipinski definition) is 0. The molecule has 1 saturated carbocycles. The van der Waals surface area contributed by atoms with Gasteiger partial charge in [0.1, 0.15) is 11.3 Å². The van der Waals surface area contributed by atoms with E-state index in [-0.39, 0.29) is 5.91 Å². The first-order chi connectivity index (χ1) is 16.5. The molecular weight excluding hydrogens is 430 g/mol. The number of amides is 1. The van der Waals surface area contributed by atoms with Gasteiger partial charge in [0.2, 0.25) is 0 Å². The van der Waals surface area contributed by atoms with Crippen molar-refractivity contribution in [1.82, 2.24) is 14.9 Å². The van der Waals surface area contributed by atoms with Crippen LogP contribution >= 0.6 is 0 Å². The number of hydrogen-bond acceptors (Lipinski definition) is 7. The lowest BCUT2D eigenvalue weighted by atomic mass is 9.89. The van der Waals surface area contributed by atoms with Gasteiger partial charge in [-0.2, -0.15) is 4.98 Å². The van der Waals surface area contributed by atoms with Crippen LogP contribution in [0.3, 0.4) is 0 Å². The molecule has 1 saturated heterocycles. The van der Waals surface area contributed by atoms with E-state index in [9.17, 15) is 4.79 Å². The van der Waals surface area contributed by atoms with Crippen LogP contribution in [0.2, 0.25) is 0 Å². The fourth-order valence-corrected chi connectivity index (χ4v) is 4.76. The lowest BCUT2D eigenvalue weighted by Gasteiger charge is -2.33. The van der Waals surface area contributed by atoms with Crippen molar-refractivity contribution in [2.45, 2.75) is 65.2 Å². The molecule has 0 unspecified atom stereocenters. The van der Waals surface area contributed by atoms with E-state index >= 15 is 0 Å². The van der Waals surface area contributed by atoms with Gasteiger partial charge in [0.15, 0.2) is 17.3 Å². The van der Waals surface area contributed by atoms with Gasteiger partial charge >= 0.3 is 0 Å². The highest BCUT2D eigenvalue weighted by atomic mass is 16.4. The quantitative estimate of drug-likeness (QED) is 0.455. The van der Waals surface area contributed by atoms with Crippen molar-refractivity contribution < 1.29 is 13.6 Å². The van der Waals surface area contributed by atoms with Gasteiger partial charge in [0.25, 0.3) is 11.9 Å². The molecule has 2 fully saturated rings. The van der Waals surface area contributed by atoms with E-state index in [1.165, 1.54) is 19.3 Å². The zero-order valence-corrected chi connectivity index (χ0v) is 20.3. The molecule has 3 heterocycles. The summed E-state index contributed by atoms with van der Waals surface area (Å²) >= 11 is 0. The monoisotopic (exact) mass is 463 g/mol. The number of carbonyl (C=O) groups excluding carboxylic acids is 1. The number of aliphatic imine (C=N–C) groups is 1. The number of nitrogens with zero attached hydrogens (tertiary/aromatic N) is 5. The first-order valence-corrected chi connectivity index (χ1v) is 12.5. The molecule has 0 radical (unpaired) electrons. The summed E-state index contributed by atoms with van der Waals surface area (Å²) in [7, 11) is 0. The summed E-state index contributed by atoms with van der Waals surface area (Å²) in [4.78, 5) is 31.0. The zero-order valence-electron chi connectivity index (χ0n) is 20.3. The largest absolute Gasteiger partial charge is 0.440 e. The maximum absolute atomic E-state index is 13.2. The minimum atomic E-state index is 0.0182. The number of benzene rings is 1. The average molecular weight is 464 g/mol. The molecule has 0 N–H and O–H groups in total. The Kier molecular flexibility index (Phi) is 6.39. The van der Waals surface area contributed by atoms with Crippen molar-refractivity contribution in [3.8, 4) is 0 Å². The fraction of sp³-hybridized carbons (Fsp3) is 0.538. The lowest BCUT2D eigenvalue weighted by Crippen LogP contribution is -2.48. The molecular formula is C26H33N5O3. The van der Waals surface area contributed by atoms with Crippen LogP contribution in [0.4, 0.5) is 11.8 Å². The number of anilines is 1. The van der Waals surface area contributed by atoms with Gasteiger partial charge in [-0.25, -0.2) is 9.98 Å². The van der Waals surface area contributed by atoms with Crippen molar-refractivity contribution in [3.63, 3.8) is 0 Å². The molecule has 1 aliphatic carbocycles. The smallest absolute Gasteiger partial charge is 0.299 e. The van der Waals surface area contributed by atoms with E-state index in [0.29, 0.717) is 60.8 Å². The number of aromatic nitrogens is 2. The second kappa shape index (κ2) is 9.60. The zero-order chi connectivity index (χ0) is 23.7. The highest BCUT2D eigenvalue weighted by Crippen LogP contribution is 2.34. The van der Waals surface area contributed by atoms with Gasteiger partial charge in [-0.3, -0.25) is 4.79 Å². The minimum absolute atomic E-state index is 0.0182. The van der Waals surface area contributed by atoms with E-state index < -0.39 is 0 Å². The topological polar surface area (TPSA) is 88.0 Å². The van der Waals surface area contributed by atoms with Gasteiger partial charge in [0.05, 0.1) is 0 Å². The SMILES string of the molecule is CC/C(C)=N\c1nc(N2CCN(C(=O)c3ccc4nc(C5CCCCC5)oc4c3)CC2)oc1C. The van der Waals surface area contributed by atoms with Crippen molar-refractivity contribution in [2.24, 2.45) is 4.99 Å². The first-order valence-electron chi connectivity index (χ1n) is 12.5. The Labute approximate surface area is 200 Å². The van der Waals surface area contributed by atoms with Crippen LogP contribution in [0.1, 0.15) is 80.3 Å². The molecule has 1 aliphatic heterocycles. The number of rotatable bonds is 5. The van der Waals surface area contributed by atoms with Crippen LogP contribution in [-0.4, -0.2) is 52.7 Å². The summed E-state index contributed by atoms with van der Waals surface area (Å²) in [5.41, 5.74) is 3.20. The molecule has 8 heteroatoms. The van der Waals surface area contributed by atoms with Gasteiger partial charge in [-0.1, -0.05) is 26.2 Å². The Morgan fingerprint density at radius 1 is 1.09 bits per heavy atom. The molecule has 3 aromatic rings. The van der Waals surface area contributed by atoms with Crippen LogP contribution in [0.5, 0.6) is 0 Å². The van der Waals surface area contributed by atoms with Crippen molar-refractivity contribution in [2.75, 3.05) is 31.1 Å². The van der Waals surface area contributed by atoms with Crippen LogP contribution < -0.4 is 4.90 Å². The summed E-state index contributed by atoms with van der Waals surface area (Å²) in [6, 6.07) is 6.19. The molecule has 1 amide bonds. The molecule has 5 rings (SSSR count). The molecule has 0 atom stereocenters. The van der Waals surface area contributed by atoms with Crippen molar-refractivity contribution >= 4 is 34.6 Å². The van der Waals surface area contributed by atoms with E-state index in [2.05, 4.69) is 21.8 Å². The van der Waals surface area contributed by atoms with E-state index in [1.807, 2.05) is 36.9 Å². The molecule has 0 spiro atoms. The molecule has 34 heavy (non-hydrogen) atoms. The highest BCUT2D eigenvalue weighted by Gasteiger charge is 2.26. The predicted octanol–water partition coefficient (Wildman–Crippen LogP) is 5.64. The van der Waals surface area contributed by atoms with Crippen LogP contribution in [0, 0.1) is 6.92 Å². The Hall–Kier alpha value is -3.16. The molecule has 2 aliphatic rings. The second-order valence-corrected chi connectivity index (χ2v) is 9.43. The van der Waals surface area contributed by atoms with Gasteiger partial charge < -0.3 is 18.6 Å². The van der Waals surface area contributed by atoms with Crippen molar-refractivity contribution in [1.29, 1.82) is 0 Å². The fourth-order valence-electron chi connectivity index (χ4n) is 4.76. The number of piperazine rings is 1. The van der Waals surface area contributed by atoms with Gasteiger partial charge in [-0.15, -0.1) is 0 Å². The normalized spacial score (nSPS) is 18.1. The first kappa shape index (κ1) is 22.6. The number of oxazole rings is 2. The highest BCUT2D eigenvalue weighted by molar-refractivity contribution is 5.97. The van der Waals surface area contributed by atoms with E-state index in [0.717, 1.165) is 36.4 Å².